The largest absolute Gasteiger partial charge is 0.492 e. The first-order valence-corrected chi connectivity index (χ1v) is 6.14. The van der Waals surface area contributed by atoms with Gasteiger partial charge in [0.15, 0.2) is 0 Å². The zero-order valence-corrected chi connectivity index (χ0v) is 10.9. The number of benzene rings is 1. The van der Waals surface area contributed by atoms with Crippen LogP contribution in [0.1, 0.15) is 12.0 Å². The van der Waals surface area contributed by atoms with Crippen molar-refractivity contribution in [3.8, 4) is 11.8 Å². The van der Waals surface area contributed by atoms with Crippen molar-refractivity contribution in [3.05, 3.63) is 27.7 Å². The molecule has 1 aromatic carbocycles. The lowest BCUT2D eigenvalue weighted by Gasteiger charge is -2.08. The van der Waals surface area contributed by atoms with E-state index in [4.69, 9.17) is 33.2 Å². The first-order chi connectivity index (χ1) is 7.19. The van der Waals surface area contributed by atoms with Gasteiger partial charge in [-0.15, -0.1) is 0 Å². The summed E-state index contributed by atoms with van der Waals surface area (Å²) in [5, 5.41) is 10.4. The predicted molar refractivity (Wildman–Crippen MR) is 65.1 cm³/mol. The third-order valence-electron chi connectivity index (χ3n) is 1.68. The van der Waals surface area contributed by atoms with Crippen molar-refractivity contribution in [1.82, 2.24) is 0 Å². The zero-order chi connectivity index (χ0) is 11.3. The third kappa shape index (κ3) is 3.57. The highest BCUT2D eigenvalue weighted by Gasteiger charge is 2.07. The van der Waals surface area contributed by atoms with E-state index in [1.54, 1.807) is 6.07 Å². The maximum Gasteiger partial charge on any atom is 0.139 e. The molecule has 1 rings (SSSR count). The average molecular weight is 309 g/mol. The van der Waals surface area contributed by atoms with E-state index in [-0.39, 0.29) is 0 Å². The van der Waals surface area contributed by atoms with Gasteiger partial charge in [0, 0.05) is 11.4 Å². The molecule has 0 N–H and O–H groups in total. The molecule has 15 heavy (non-hydrogen) atoms. The van der Waals surface area contributed by atoms with E-state index >= 15 is 0 Å². The molecular weight excluding hydrogens is 301 g/mol. The molecule has 0 spiro atoms. The van der Waals surface area contributed by atoms with Crippen molar-refractivity contribution in [2.75, 3.05) is 11.9 Å². The third-order valence-corrected chi connectivity index (χ3v) is 2.85. The minimum Gasteiger partial charge on any atom is -0.492 e. The second kappa shape index (κ2) is 6.22. The van der Waals surface area contributed by atoms with E-state index in [1.165, 1.54) is 6.07 Å². The molecule has 2 nitrogen and oxygen atoms in total. The van der Waals surface area contributed by atoms with Crippen LogP contribution in [0.5, 0.6) is 5.75 Å². The van der Waals surface area contributed by atoms with Crippen molar-refractivity contribution in [3.63, 3.8) is 0 Å². The van der Waals surface area contributed by atoms with Crippen molar-refractivity contribution in [2.45, 2.75) is 6.42 Å². The molecule has 0 bridgehead atoms. The van der Waals surface area contributed by atoms with Gasteiger partial charge in [-0.2, -0.15) is 5.26 Å². The van der Waals surface area contributed by atoms with Gasteiger partial charge in [-0.3, -0.25) is 0 Å². The van der Waals surface area contributed by atoms with Crippen LogP contribution < -0.4 is 4.74 Å². The van der Waals surface area contributed by atoms with Gasteiger partial charge in [0.05, 0.1) is 22.2 Å². The summed E-state index contributed by atoms with van der Waals surface area (Å²) in [4.78, 5) is 0. The minimum absolute atomic E-state index is 0.343. The Kier molecular flexibility index (Phi) is 5.24. The smallest absolute Gasteiger partial charge is 0.139 e. The van der Waals surface area contributed by atoms with Gasteiger partial charge < -0.3 is 4.74 Å². The fraction of sp³-hybridized carbons (Fsp3) is 0.300. The molecular formula is C10H8BrCl2NO. The lowest BCUT2D eigenvalue weighted by Crippen LogP contribution is -1.98. The maximum atomic E-state index is 8.76. The SMILES string of the molecule is N#Cc1cc(OCCCBr)c(Cl)cc1Cl. The normalized spacial score (nSPS) is 9.73. The highest BCUT2D eigenvalue weighted by atomic mass is 79.9. The van der Waals surface area contributed by atoms with Crippen LogP contribution in [-0.2, 0) is 0 Å². The Hall–Kier alpha value is -0.430. The highest BCUT2D eigenvalue weighted by Crippen LogP contribution is 2.30. The standard InChI is InChI=1S/C10H8BrCl2NO/c11-2-1-3-15-10-4-7(6-14)8(12)5-9(10)13/h4-5H,1-3H2. The predicted octanol–water partition coefficient (Wildman–Crippen LogP) is 4.03. The number of rotatable bonds is 4. The van der Waals surface area contributed by atoms with Crippen molar-refractivity contribution >= 4 is 39.1 Å². The fourth-order valence-corrected chi connectivity index (χ4v) is 1.67. The Morgan fingerprint density at radius 3 is 2.67 bits per heavy atom. The molecule has 0 atom stereocenters. The summed E-state index contributed by atoms with van der Waals surface area (Å²) in [6.07, 6.45) is 0.876. The molecule has 0 radical (unpaired) electrons. The van der Waals surface area contributed by atoms with Crippen LogP contribution >= 0.6 is 39.1 Å². The minimum atomic E-state index is 0.343. The molecule has 80 valence electrons. The molecule has 0 aliphatic rings. The zero-order valence-electron chi connectivity index (χ0n) is 7.77. The first-order valence-electron chi connectivity index (χ1n) is 4.27. The topological polar surface area (TPSA) is 33.0 Å². The number of alkyl halides is 1. The summed E-state index contributed by atoms with van der Waals surface area (Å²) in [5.74, 6) is 0.499. The fourth-order valence-electron chi connectivity index (χ4n) is 0.962. The molecule has 0 saturated heterocycles. The van der Waals surface area contributed by atoms with Gasteiger partial charge in [-0.25, -0.2) is 0 Å². The second-order valence-corrected chi connectivity index (χ2v) is 4.37. The van der Waals surface area contributed by atoms with Crippen molar-refractivity contribution in [2.24, 2.45) is 0 Å². The van der Waals surface area contributed by atoms with Crippen molar-refractivity contribution < 1.29 is 4.74 Å². The second-order valence-electron chi connectivity index (χ2n) is 2.77. The molecule has 0 aromatic heterocycles. The summed E-state index contributed by atoms with van der Waals surface area (Å²) in [6.45, 7) is 0.553. The van der Waals surface area contributed by atoms with E-state index in [1.807, 2.05) is 6.07 Å². The monoisotopic (exact) mass is 307 g/mol. The van der Waals surface area contributed by atoms with Crippen LogP contribution in [0.4, 0.5) is 0 Å². The van der Waals surface area contributed by atoms with Gasteiger partial charge in [-0.05, 0) is 12.5 Å². The Balaban J connectivity index is 2.84. The van der Waals surface area contributed by atoms with E-state index in [0.29, 0.717) is 28.0 Å². The summed E-state index contributed by atoms with van der Waals surface area (Å²) in [6, 6.07) is 5.05. The number of nitriles is 1. The molecule has 0 fully saturated rings. The molecule has 5 heteroatoms. The van der Waals surface area contributed by atoms with Crippen LogP contribution in [0.25, 0.3) is 0 Å². The maximum absolute atomic E-state index is 8.76. The molecule has 0 aliphatic carbocycles. The Morgan fingerprint density at radius 2 is 2.07 bits per heavy atom. The van der Waals surface area contributed by atoms with Gasteiger partial charge in [-0.1, -0.05) is 39.1 Å². The molecule has 0 amide bonds. The van der Waals surface area contributed by atoms with E-state index in [0.717, 1.165) is 11.8 Å². The van der Waals surface area contributed by atoms with E-state index in [2.05, 4.69) is 15.9 Å². The molecule has 0 heterocycles. The Morgan fingerprint density at radius 1 is 1.33 bits per heavy atom. The van der Waals surface area contributed by atoms with Crippen LogP contribution in [0.15, 0.2) is 12.1 Å². The Bertz CT molecular complexity index is 390. The van der Waals surface area contributed by atoms with Gasteiger partial charge in [0.2, 0.25) is 0 Å². The molecule has 0 aliphatic heterocycles. The lowest BCUT2D eigenvalue weighted by molar-refractivity contribution is 0.319. The number of halogens is 3. The summed E-state index contributed by atoms with van der Waals surface area (Å²) >= 11 is 15.0. The number of ether oxygens (including phenoxy) is 1. The van der Waals surface area contributed by atoms with Crippen LogP contribution in [0.3, 0.4) is 0 Å². The van der Waals surface area contributed by atoms with Gasteiger partial charge in [0.25, 0.3) is 0 Å². The number of hydrogen-bond acceptors (Lipinski definition) is 2. The number of hydrogen-bond donors (Lipinski definition) is 0. The number of nitrogens with zero attached hydrogens (tertiary/aromatic N) is 1. The molecule has 0 unspecified atom stereocenters. The Labute approximate surface area is 107 Å². The molecule has 0 saturated carbocycles. The summed E-state index contributed by atoms with van der Waals surface area (Å²) < 4.78 is 5.40. The van der Waals surface area contributed by atoms with Crippen LogP contribution in [0.2, 0.25) is 10.0 Å². The highest BCUT2D eigenvalue weighted by molar-refractivity contribution is 9.09. The van der Waals surface area contributed by atoms with Crippen molar-refractivity contribution in [1.29, 1.82) is 5.26 Å². The van der Waals surface area contributed by atoms with E-state index in [9.17, 15) is 0 Å². The lowest BCUT2D eigenvalue weighted by atomic mass is 10.2. The summed E-state index contributed by atoms with van der Waals surface area (Å²) in [5.41, 5.74) is 0.370. The molecule has 1 aromatic rings. The van der Waals surface area contributed by atoms with Gasteiger partial charge in [0.1, 0.15) is 11.8 Å². The van der Waals surface area contributed by atoms with Crippen LogP contribution in [0, 0.1) is 11.3 Å². The first kappa shape index (κ1) is 12.6. The van der Waals surface area contributed by atoms with Gasteiger partial charge >= 0.3 is 0 Å². The van der Waals surface area contributed by atoms with E-state index < -0.39 is 0 Å². The quantitative estimate of drug-likeness (QED) is 0.621. The van der Waals surface area contributed by atoms with Crippen LogP contribution in [-0.4, -0.2) is 11.9 Å². The average Bonchev–Trinajstić information content (AvgIpc) is 2.21. The summed E-state index contributed by atoms with van der Waals surface area (Å²) in [7, 11) is 0.